The van der Waals surface area contributed by atoms with E-state index in [1.807, 2.05) is 0 Å². The molecule has 0 radical (unpaired) electrons. The summed E-state index contributed by atoms with van der Waals surface area (Å²) in [5, 5.41) is 9.06. The van der Waals surface area contributed by atoms with Crippen LogP contribution in [0.5, 0.6) is 5.75 Å². The van der Waals surface area contributed by atoms with E-state index in [0.29, 0.717) is 5.69 Å². The van der Waals surface area contributed by atoms with E-state index >= 15 is 0 Å². The Morgan fingerprint density at radius 2 is 2.20 bits per heavy atom. The fourth-order valence-electron chi connectivity index (χ4n) is 0.688. The van der Waals surface area contributed by atoms with Gasteiger partial charge in [0.2, 0.25) is 0 Å². The predicted molar refractivity (Wildman–Crippen MR) is 42.6 cm³/mol. The smallest absolute Gasteiger partial charge is 0.139 e. The molecular weight excluding hydrogens is 126 g/mol. The summed E-state index contributed by atoms with van der Waals surface area (Å²) in [4.78, 5) is 0. The van der Waals surface area contributed by atoms with E-state index in [2.05, 4.69) is 6.58 Å². The van der Waals surface area contributed by atoms with Crippen LogP contribution in [0.4, 0.5) is 5.69 Å². The highest BCUT2D eigenvalue weighted by Crippen LogP contribution is 2.20. The minimum absolute atomic E-state index is 0.109. The van der Waals surface area contributed by atoms with Gasteiger partial charge in [-0.25, -0.2) is 0 Å². The third kappa shape index (κ3) is 1.10. The first-order valence-electron chi connectivity index (χ1n) is 2.95. The van der Waals surface area contributed by atoms with Gasteiger partial charge >= 0.3 is 0 Å². The average Bonchev–Trinajstić information content (AvgIpc) is 1.95. The number of nitrogen functional groups attached to an aromatic ring is 1. The van der Waals surface area contributed by atoms with Crippen LogP contribution in [-0.4, -0.2) is 5.11 Å². The molecule has 2 heteroatoms. The predicted octanol–water partition coefficient (Wildman–Crippen LogP) is 1.62. The number of anilines is 1. The van der Waals surface area contributed by atoms with Crippen molar-refractivity contribution in [3.8, 4) is 5.75 Å². The van der Waals surface area contributed by atoms with Crippen molar-refractivity contribution < 1.29 is 5.11 Å². The molecule has 2 nitrogen and oxygen atoms in total. The van der Waals surface area contributed by atoms with Crippen LogP contribution < -0.4 is 5.73 Å². The number of benzene rings is 1. The average molecular weight is 135 g/mol. The fourth-order valence-corrected chi connectivity index (χ4v) is 0.688. The maximum Gasteiger partial charge on any atom is 0.139 e. The van der Waals surface area contributed by atoms with Crippen LogP contribution >= 0.6 is 0 Å². The van der Waals surface area contributed by atoms with Crippen molar-refractivity contribution in [2.24, 2.45) is 0 Å². The van der Waals surface area contributed by atoms with Gasteiger partial charge in [0.15, 0.2) is 0 Å². The Morgan fingerprint density at radius 1 is 1.50 bits per heavy atom. The second-order valence-electron chi connectivity index (χ2n) is 2.02. The molecule has 0 aliphatic carbocycles. The quantitative estimate of drug-likeness (QED) is 0.454. The Kier molecular flexibility index (Phi) is 1.63. The number of phenols is 1. The summed E-state index contributed by atoms with van der Waals surface area (Å²) in [7, 11) is 0. The number of phenolic OH excluding ortho intramolecular Hbond substituents is 1. The highest BCUT2D eigenvalue weighted by molar-refractivity contribution is 5.59. The van der Waals surface area contributed by atoms with E-state index in [4.69, 9.17) is 10.8 Å². The van der Waals surface area contributed by atoms with Gasteiger partial charge in [0.05, 0.1) is 5.69 Å². The van der Waals surface area contributed by atoms with E-state index in [-0.39, 0.29) is 5.75 Å². The molecule has 0 unspecified atom stereocenters. The maximum atomic E-state index is 9.06. The fraction of sp³-hybridized carbons (Fsp3) is 0. The summed E-state index contributed by atoms with van der Waals surface area (Å²) in [6.07, 6.45) is 1.65. The van der Waals surface area contributed by atoms with E-state index in [1.54, 1.807) is 24.3 Å². The van der Waals surface area contributed by atoms with Crippen LogP contribution in [0.1, 0.15) is 5.56 Å². The van der Waals surface area contributed by atoms with Gasteiger partial charge in [-0.3, -0.25) is 0 Å². The molecule has 0 fully saturated rings. The van der Waals surface area contributed by atoms with Crippen LogP contribution in [0.15, 0.2) is 24.8 Å². The molecule has 52 valence electrons. The molecule has 1 rings (SSSR count). The first kappa shape index (κ1) is 6.68. The number of nitrogens with two attached hydrogens (primary N) is 1. The summed E-state index contributed by atoms with van der Waals surface area (Å²) in [6.45, 7) is 3.55. The van der Waals surface area contributed by atoms with Crippen molar-refractivity contribution >= 4 is 11.8 Å². The molecule has 0 spiro atoms. The summed E-state index contributed by atoms with van der Waals surface area (Å²) < 4.78 is 0. The number of hydrogen-bond donors (Lipinski definition) is 2. The maximum absolute atomic E-state index is 9.06. The Labute approximate surface area is 59.6 Å². The third-order valence-electron chi connectivity index (χ3n) is 1.29. The monoisotopic (exact) mass is 135 g/mol. The van der Waals surface area contributed by atoms with Crippen LogP contribution in [-0.2, 0) is 0 Å². The van der Waals surface area contributed by atoms with E-state index in [0.717, 1.165) is 5.56 Å². The topological polar surface area (TPSA) is 46.2 Å². The van der Waals surface area contributed by atoms with Gasteiger partial charge in [-0.2, -0.15) is 0 Å². The Balaban J connectivity index is 3.16. The minimum atomic E-state index is 0.109. The molecule has 0 aliphatic heterocycles. The molecule has 0 saturated carbocycles. The normalized spacial score (nSPS) is 9.20. The summed E-state index contributed by atoms with van der Waals surface area (Å²) in [6, 6.07) is 5.01. The van der Waals surface area contributed by atoms with Crippen LogP contribution in [0, 0.1) is 0 Å². The molecule has 1 aromatic rings. The lowest BCUT2D eigenvalue weighted by Crippen LogP contribution is -1.84. The van der Waals surface area contributed by atoms with E-state index < -0.39 is 0 Å². The highest BCUT2D eigenvalue weighted by atomic mass is 16.3. The zero-order chi connectivity index (χ0) is 7.56. The molecule has 3 N–H and O–H groups in total. The molecule has 0 atom stereocenters. The molecule has 0 amide bonds. The summed E-state index contributed by atoms with van der Waals surface area (Å²) in [5.41, 5.74) is 6.62. The van der Waals surface area contributed by atoms with Gasteiger partial charge in [0, 0.05) is 0 Å². The SMILES string of the molecule is C=Cc1ccc(N)c(O)c1. The molecule has 10 heavy (non-hydrogen) atoms. The zero-order valence-electron chi connectivity index (χ0n) is 5.54. The molecule has 0 aliphatic rings. The van der Waals surface area contributed by atoms with Gasteiger partial charge in [0.1, 0.15) is 5.75 Å². The van der Waals surface area contributed by atoms with Gasteiger partial charge in [0.25, 0.3) is 0 Å². The van der Waals surface area contributed by atoms with Crippen molar-refractivity contribution in [1.82, 2.24) is 0 Å². The zero-order valence-corrected chi connectivity index (χ0v) is 5.54. The van der Waals surface area contributed by atoms with Crippen molar-refractivity contribution in [2.45, 2.75) is 0 Å². The molecule has 0 bridgehead atoms. The molecule has 0 aromatic heterocycles. The largest absolute Gasteiger partial charge is 0.506 e. The summed E-state index contributed by atoms with van der Waals surface area (Å²) >= 11 is 0. The third-order valence-corrected chi connectivity index (χ3v) is 1.29. The molecule has 0 saturated heterocycles. The van der Waals surface area contributed by atoms with Gasteiger partial charge in [-0.1, -0.05) is 18.7 Å². The number of rotatable bonds is 1. The van der Waals surface area contributed by atoms with Crippen molar-refractivity contribution in [3.05, 3.63) is 30.3 Å². The van der Waals surface area contributed by atoms with Gasteiger partial charge < -0.3 is 10.8 Å². The van der Waals surface area contributed by atoms with Crippen LogP contribution in [0.3, 0.4) is 0 Å². The first-order chi connectivity index (χ1) is 4.74. The van der Waals surface area contributed by atoms with E-state index in [9.17, 15) is 0 Å². The van der Waals surface area contributed by atoms with Gasteiger partial charge in [-0.05, 0) is 17.7 Å². The van der Waals surface area contributed by atoms with Crippen molar-refractivity contribution in [2.75, 3.05) is 5.73 Å². The molecule has 0 heterocycles. The van der Waals surface area contributed by atoms with E-state index in [1.165, 1.54) is 0 Å². The standard InChI is InChI=1S/C8H9NO/c1-2-6-3-4-7(9)8(10)5-6/h2-5,10H,1,9H2. The van der Waals surface area contributed by atoms with Gasteiger partial charge in [-0.15, -0.1) is 0 Å². The van der Waals surface area contributed by atoms with Crippen molar-refractivity contribution in [3.63, 3.8) is 0 Å². The summed E-state index contributed by atoms with van der Waals surface area (Å²) in [5.74, 6) is 0.109. The second kappa shape index (κ2) is 2.43. The van der Waals surface area contributed by atoms with Crippen LogP contribution in [0.25, 0.3) is 6.08 Å². The Morgan fingerprint density at radius 3 is 2.70 bits per heavy atom. The number of hydrogen-bond acceptors (Lipinski definition) is 2. The minimum Gasteiger partial charge on any atom is -0.506 e. The highest BCUT2D eigenvalue weighted by Gasteiger charge is 1.94. The van der Waals surface area contributed by atoms with Crippen molar-refractivity contribution in [1.29, 1.82) is 0 Å². The lowest BCUT2D eigenvalue weighted by atomic mass is 10.2. The molecular formula is C8H9NO. The lowest BCUT2D eigenvalue weighted by molar-refractivity contribution is 0.478. The first-order valence-corrected chi connectivity index (χ1v) is 2.95. The second-order valence-corrected chi connectivity index (χ2v) is 2.02. The Hall–Kier alpha value is -1.44. The number of aromatic hydroxyl groups is 1. The van der Waals surface area contributed by atoms with Crippen LogP contribution in [0.2, 0.25) is 0 Å². The lowest BCUT2D eigenvalue weighted by Gasteiger charge is -1.97. The Bertz CT molecular complexity index is 255. The molecule has 1 aromatic carbocycles.